The zero-order valence-electron chi connectivity index (χ0n) is 16.6. The summed E-state index contributed by atoms with van der Waals surface area (Å²) in [5.41, 5.74) is 0. The van der Waals surface area contributed by atoms with Crippen LogP contribution in [0.15, 0.2) is 9.52 Å². The summed E-state index contributed by atoms with van der Waals surface area (Å²) in [5, 5.41) is 10.6. The van der Waals surface area contributed by atoms with Crippen molar-refractivity contribution in [1.82, 2.24) is 25.7 Å². The summed E-state index contributed by atoms with van der Waals surface area (Å²) in [6.07, 6.45) is 6.07. The van der Waals surface area contributed by atoms with Crippen LogP contribution in [-0.2, 0) is 6.42 Å². The summed E-state index contributed by atoms with van der Waals surface area (Å²) >= 11 is 0. The van der Waals surface area contributed by atoms with Crippen molar-refractivity contribution in [2.24, 2.45) is 10.9 Å². The minimum atomic E-state index is 0. The Morgan fingerprint density at radius 2 is 1.88 bits per heavy atom. The molecule has 7 nitrogen and oxygen atoms in total. The Morgan fingerprint density at radius 1 is 1.19 bits per heavy atom. The van der Waals surface area contributed by atoms with Gasteiger partial charge in [0, 0.05) is 32.6 Å². The highest BCUT2D eigenvalue weighted by molar-refractivity contribution is 14.0. The summed E-state index contributed by atoms with van der Waals surface area (Å²) in [6, 6.07) is 0.537. The van der Waals surface area contributed by atoms with Crippen LogP contribution in [0.1, 0.15) is 51.2 Å². The average molecular weight is 478 g/mol. The van der Waals surface area contributed by atoms with Gasteiger partial charge < -0.3 is 15.2 Å². The van der Waals surface area contributed by atoms with Crippen molar-refractivity contribution in [2.75, 3.05) is 33.2 Å². The van der Waals surface area contributed by atoms with E-state index in [9.17, 15) is 0 Å². The summed E-state index contributed by atoms with van der Waals surface area (Å²) in [7, 11) is 1.81. The van der Waals surface area contributed by atoms with E-state index in [0.29, 0.717) is 30.1 Å². The quantitative estimate of drug-likeness (QED) is 0.357. The molecule has 1 atom stereocenters. The molecule has 1 aromatic heterocycles. The summed E-state index contributed by atoms with van der Waals surface area (Å²) in [4.78, 5) is 11.2. The van der Waals surface area contributed by atoms with E-state index in [-0.39, 0.29) is 24.0 Å². The Balaban J connectivity index is 0.00000338. The van der Waals surface area contributed by atoms with Crippen LogP contribution in [0.5, 0.6) is 0 Å². The van der Waals surface area contributed by atoms with Gasteiger partial charge in [-0.05, 0) is 38.8 Å². The molecule has 26 heavy (non-hydrogen) atoms. The number of halogens is 1. The number of nitrogens with one attached hydrogen (secondary N) is 2. The van der Waals surface area contributed by atoms with Gasteiger partial charge in [0.25, 0.3) is 0 Å². The zero-order valence-corrected chi connectivity index (χ0v) is 19.0. The standard InChI is InChI=1S/C18H34N6O.HI/c1-14(2)16(24-11-7-5-6-8-12-24)13-21-18(19-4)20-10-9-17-22-15(3)23-25-17;/h14,16H,5-13H2,1-4H3,(H2,19,20,21);1H. The van der Waals surface area contributed by atoms with E-state index < -0.39 is 0 Å². The maximum atomic E-state index is 5.13. The molecule has 1 fully saturated rings. The van der Waals surface area contributed by atoms with E-state index in [1.807, 2.05) is 14.0 Å². The minimum absolute atomic E-state index is 0. The zero-order chi connectivity index (χ0) is 18.1. The molecule has 8 heteroatoms. The van der Waals surface area contributed by atoms with Gasteiger partial charge in [-0.1, -0.05) is 31.8 Å². The average Bonchev–Trinajstić information content (AvgIpc) is 2.84. The van der Waals surface area contributed by atoms with Crippen molar-refractivity contribution < 1.29 is 4.52 Å². The molecule has 0 bridgehead atoms. The lowest BCUT2D eigenvalue weighted by Crippen LogP contribution is -2.50. The van der Waals surface area contributed by atoms with Gasteiger partial charge in [0.1, 0.15) is 0 Å². The van der Waals surface area contributed by atoms with Gasteiger partial charge in [0.15, 0.2) is 11.8 Å². The van der Waals surface area contributed by atoms with Crippen molar-refractivity contribution in [3.8, 4) is 0 Å². The fourth-order valence-corrected chi connectivity index (χ4v) is 3.36. The molecular weight excluding hydrogens is 443 g/mol. The minimum Gasteiger partial charge on any atom is -0.356 e. The number of aryl methyl sites for hydroxylation is 1. The number of rotatable bonds is 7. The molecule has 2 rings (SSSR count). The molecule has 0 aromatic carbocycles. The Morgan fingerprint density at radius 3 is 2.42 bits per heavy atom. The van der Waals surface area contributed by atoms with Crippen molar-refractivity contribution in [2.45, 2.75) is 58.9 Å². The Bertz CT molecular complexity index is 526. The topological polar surface area (TPSA) is 78.6 Å². The Labute approximate surface area is 174 Å². The number of guanidine groups is 1. The number of aromatic nitrogens is 2. The fourth-order valence-electron chi connectivity index (χ4n) is 3.36. The lowest BCUT2D eigenvalue weighted by Gasteiger charge is -2.34. The first kappa shape index (κ1) is 23.1. The van der Waals surface area contributed by atoms with E-state index in [1.165, 1.54) is 38.8 Å². The molecule has 2 heterocycles. The monoisotopic (exact) mass is 478 g/mol. The predicted octanol–water partition coefficient (Wildman–Crippen LogP) is 2.60. The van der Waals surface area contributed by atoms with E-state index in [1.54, 1.807) is 0 Å². The highest BCUT2D eigenvalue weighted by Crippen LogP contribution is 2.17. The molecule has 0 saturated carbocycles. The lowest BCUT2D eigenvalue weighted by atomic mass is 10.0. The summed E-state index contributed by atoms with van der Waals surface area (Å²) in [6.45, 7) is 10.5. The number of hydrogen-bond donors (Lipinski definition) is 2. The maximum absolute atomic E-state index is 5.13. The van der Waals surface area contributed by atoms with E-state index in [0.717, 1.165) is 19.0 Å². The van der Waals surface area contributed by atoms with E-state index >= 15 is 0 Å². The highest BCUT2D eigenvalue weighted by Gasteiger charge is 2.22. The van der Waals surface area contributed by atoms with Gasteiger partial charge in [-0.3, -0.25) is 9.89 Å². The van der Waals surface area contributed by atoms with Crippen LogP contribution in [0.3, 0.4) is 0 Å². The van der Waals surface area contributed by atoms with Gasteiger partial charge in [0.05, 0.1) is 0 Å². The normalized spacial score (nSPS) is 17.5. The first-order chi connectivity index (χ1) is 12.1. The lowest BCUT2D eigenvalue weighted by molar-refractivity contribution is 0.161. The molecule has 150 valence electrons. The van der Waals surface area contributed by atoms with Gasteiger partial charge in [-0.25, -0.2) is 0 Å². The molecule has 1 aromatic rings. The van der Waals surface area contributed by atoms with Crippen molar-refractivity contribution in [1.29, 1.82) is 0 Å². The number of hydrogen-bond acceptors (Lipinski definition) is 5. The van der Waals surface area contributed by atoms with Crippen molar-refractivity contribution in [3.63, 3.8) is 0 Å². The smallest absolute Gasteiger partial charge is 0.228 e. The molecule has 1 unspecified atom stereocenters. The molecule has 0 aliphatic carbocycles. The SMILES string of the molecule is CN=C(NCCc1nc(C)no1)NCC(C(C)C)N1CCCCCC1.I. The first-order valence-corrected chi connectivity index (χ1v) is 9.58. The first-order valence-electron chi connectivity index (χ1n) is 9.58. The summed E-state index contributed by atoms with van der Waals surface area (Å²) < 4.78 is 5.13. The second-order valence-electron chi connectivity index (χ2n) is 7.13. The molecule has 2 N–H and O–H groups in total. The predicted molar refractivity (Wildman–Crippen MR) is 116 cm³/mol. The number of aliphatic imine (C=N–C) groups is 1. The second kappa shape index (κ2) is 12.5. The molecule has 1 aliphatic heterocycles. The third-order valence-electron chi connectivity index (χ3n) is 4.78. The molecule has 0 radical (unpaired) electrons. The molecular formula is C18H35IN6O. The number of nitrogens with zero attached hydrogens (tertiary/aromatic N) is 4. The Kier molecular flexibility index (Phi) is 11.1. The van der Waals surface area contributed by atoms with Gasteiger partial charge >= 0.3 is 0 Å². The molecule has 0 amide bonds. The third-order valence-corrected chi connectivity index (χ3v) is 4.78. The number of likely N-dealkylation sites (tertiary alicyclic amines) is 1. The second-order valence-corrected chi connectivity index (χ2v) is 7.13. The third kappa shape index (κ3) is 7.77. The van der Waals surface area contributed by atoms with Crippen LogP contribution in [0, 0.1) is 12.8 Å². The van der Waals surface area contributed by atoms with Crippen molar-refractivity contribution in [3.05, 3.63) is 11.7 Å². The molecule has 0 spiro atoms. The summed E-state index contributed by atoms with van der Waals surface area (Å²) in [5.74, 6) is 2.78. The van der Waals surface area contributed by atoms with E-state index in [2.05, 4.69) is 44.5 Å². The van der Waals surface area contributed by atoms with Crippen molar-refractivity contribution >= 4 is 29.9 Å². The highest BCUT2D eigenvalue weighted by atomic mass is 127. The van der Waals surface area contributed by atoms with Crippen LogP contribution in [0.4, 0.5) is 0 Å². The van der Waals surface area contributed by atoms with Crippen LogP contribution in [-0.4, -0.2) is 60.3 Å². The van der Waals surface area contributed by atoms with Crippen LogP contribution < -0.4 is 10.6 Å². The van der Waals surface area contributed by atoms with Gasteiger partial charge in [-0.2, -0.15) is 4.98 Å². The van der Waals surface area contributed by atoms with E-state index in [4.69, 9.17) is 4.52 Å². The van der Waals surface area contributed by atoms with Gasteiger partial charge in [-0.15, -0.1) is 24.0 Å². The van der Waals surface area contributed by atoms with Crippen LogP contribution in [0.2, 0.25) is 0 Å². The fraction of sp³-hybridized carbons (Fsp3) is 0.833. The van der Waals surface area contributed by atoms with Crippen LogP contribution >= 0.6 is 24.0 Å². The van der Waals surface area contributed by atoms with Gasteiger partial charge in [0.2, 0.25) is 5.89 Å². The van der Waals surface area contributed by atoms with Crippen LogP contribution in [0.25, 0.3) is 0 Å². The molecule has 1 saturated heterocycles. The Hall–Kier alpha value is -0.900. The largest absolute Gasteiger partial charge is 0.356 e. The maximum Gasteiger partial charge on any atom is 0.228 e. The molecule has 1 aliphatic rings.